The van der Waals surface area contributed by atoms with Gasteiger partial charge in [0.15, 0.2) is 0 Å². The Morgan fingerprint density at radius 2 is 1.68 bits per heavy atom. The Balaban J connectivity index is 1.79. The minimum Gasteiger partial charge on any atom is -0.352 e. The molecular formula is C21H22N2O2. The highest BCUT2D eigenvalue weighted by Gasteiger charge is 2.33. The Hall–Kier alpha value is -2.88. The van der Waals surface area contributed by atoms with Gasteiger partial charge >= 0.3 is 0 Å². The summed E-state index contributed by atoms with van der Waals surface area (Å²) in [5, 5.41) is 7.90. The van der Waals surface area contributed by atoms with Crippen LogP contribution in [0.5, 0.6) is 0 Å². The number of anilines is 1. The largest absolute Gasteiger partial charge is 0.352 e. The predicted molar refractivity (Wildman–Crippen MR) is 101 cm³/mol. The average molecular weight is 334 g/mol. The van der Waals surface area contributed by atoms with E-state index in [1.807, 2.05) is 54.6 Å². The molecule has 0 aromatic heterocycles. The molecule has 0 aliphatic heterocycles. The van der Waals surface area contributed by atoms with Crippen LogP contribution in [0.2, 0.25) is 0 Å². The van der Waals surface area contributed by atoms with Gasteiger partial charge in [0.1, 0.15) is 0 Å². The molecule has 4 heteroatoms. The number of rotatable bonds is 5. The normalized spacial score (nSPS) is 19.4. The van der Waals surface area contributed by atoms with Gasteiger partial charge in [-0.1, -0.05) is 54.6 Å². The van der Waals surface area contributed by atoms with Crippen LogP contribution in [0.4, 0.5) is 5.69 Å². The third-order valence-electron chi connectivity index (χ3n) is 4.57. The maximum atomic E-state index is 12.9. The van der Waals surface area contributed by atoms with Gasteiger partial charge in [0.2, 0.25) is 11.8 Å². The van der Waals surface area contributed by atoms with E-state index in [1.165, 1.54) is 0 Å². The Labute approximate surface area is 147 Å². The number of carbonyl (C=O) groups is 2. The Morgan fingerprint density at radius 1 is 1.00 bits per heavy atom. The van der Waals surface area contributed by atoms with Gasteiger partial charge in [-0.15, -0.1) is 6.58 Å². The third kappa shape index (κ3) is 3.79. The first kappa shape index (κ1) is 17.0. The molecule has 0 fully saturated rings. The van der Waals surface area contributed by atoms with E-state index in [2.05, 4.69) is 17.2 Å². The molecular weight excluding hydrogens is 312 g/mol. The van der Waals surface area contributed by atoms with E-state index in [0.29, 0.717) is 19.4 Å². The molecule has 2 N–H and O–H groups in total. The fourth-order valence-corrected chi connectivity index (χ4v) is 3.26. The molecule has 0 bridgehead atoms. The molecule has 1 aliphatic carbocycles. The molecule has 3 rings (SSSR count). The van der Waals surface area contributed by atoms with Crippen molar-refractivity contribution in [1.82, 2.24) is 5.32 Å². The molecule has 0 saturated heterocycles. The second-order valence-electron chi connectivity index (χ2n) is 6.21. The van der Waals surface area contributed by atoms with Gasteiger partial charge in [-0.2, -0.15) is 0 Å². The molecule has 2 aromatic carbocycles. The van der Waals surface area contributed by atoms with Crippen molar-refractivity contribution >= 4 is 28.3 Å². The zero-order valence-electron chi connectivity index (χ0n) is 14.1. The minimum atomic E-state index is -0.367. The van der Waals surface area contributed by atoms with E-state index >= 15 is 0 Å². The van der Waals surface area contributed by atoms with E-state index < -0.39 is 0 Å². The zero-order chi connectivity index (χ0) is 17.6. The first-order chi connectivity index (χ1) is 12.2. The summed E-state index contributed by atoms with van der Waals surface area (Å²) in [6, 6.07) is 13.8. The summed E-state index contributed by atoms with van der Waals surface area (Å²) in [4.78, 5) is 25.2. The van der Waals surface area contributed by atoms with Crippen LogP contribution in [0.3, 0.4) is 0 Å². The van der Waals surface area contributed by atoms with E-state index in [1.54, 1.807) is 6.08 Å². The van der Waals surface area contributed by atoms with Crippen molar-refractivity contribution in [3.8, 4) is 0 Å². The SMILES string of the molecule is C=CCNC(=O)[C@@H]1CC=CC[C@H]1C(=O)Nc1cccc2ccccc12. The van der Waals surface area contributed by atoms with Crippen molar-refractivity contribution in [3.63, 3.8) is 0 Å². The van der Waals surface area contributed by atoms with Crippen LogP contribution in [0.1, 0.15) is 12.8 Å². The molecule has 2 amide bonds. The van der Waals surface area contributed by atoms with E-state index in [4.69, 9.17) is 0 Å². The van der Waals surface area contributed by atoms with E-state index in [0.717, 1.165) is 16.5 Å². The van der Waals surface area contributed by atoms with Gasteiger partial charge in [-0.25, -0.2) is 0 Å². The summed E-state index contributed by atoms with van der Waals surface area (Å²) in [6.07, 6.45) is 6.74. The highest BCUT2D eigenvalue weighted by atomic mass is 16.2. The van der Waals surface area contributed by atoms with Crippen LogP contribution >= 0.6 is 0 Å². The number of hydrogen-bond acceptors (Lipinski definition) is 2. The van der Waals surface area contributed by atoms with Crippen molar-refractivity contribution in [2.45, 2.75) is 12.8 Å². The van der Waals surface area contributed by atoms with Gasteiger partial charge in [-0.05, 0) is 24.3 Å². The van der Waals surface area contributed by atoms with Crippen LogP contribution in [0, 0.1) is 11.8 Å². The highest BCUT2D eigenvalue weighted by Crippen LogP contribution is 2.29. The van der Waals surface area contributed by atoms with Gasteiger partial charge < -0.3 is 10.6 Å². The zero-order valence-corrected chi connectivity index (χ0v) is 14.1. The molecule has 0 radical (unpaired) electrons. The van der Waals surface area contributed by atoms with E-state index in [-0.39, 0.29) is 23.7 Å². The van der Waals surface area contributed by atoms with Crippen LogP contribution in [0.25, 0.3) is 10.8 Å². The first-order valence-corrected chi connectivity index (χ1v) is 8.53. The lowest BCUT2D eigenvalue weighted by molar-refractivity contribution is -0.132. The quantitative estimate of drug-likeness (QED) is 0.820. The number of benzene rings is 2. The number of amides is 2. The second-order valence-corrected chi connectivity index (χ2v) is 6.21. The lowest BCUT2D eigenvalue weighted by Crippen LogP contribution is -2.40. The van der Waals surface area contributed by atoms with Crippen LogP contribution < -0.4 is 10.6 Å². The Kier molecular flexibility index (Phi) is 5.29. The van der Waals surface area contributed by atoms with Gasteiger partial charge in [-0.3, -0.25) is 9.59 Å². The molecule has 0 heterocycles. The molecule has 1 aliphatic rings. The number of hydrogen-bond donors (Lipinski definition) is 2. The van der Waals surface area contributed by atoms with Crippen LogP contribution in [0.15, 0.2) is 67.3 Å². The smallest absolute Gasteiger partial charge is 0.228 e. The highest BCUT2D eigenvalue weighted by molar-refractivity contribution is 6.04. The molecule has 0 saturated carbocycles. The first-order valence-electron chi connectivity index (χ1n) is 8.53. The molecule has 2 aromatic rings. The summed E-state index contributed by atoms with van der Waals surface area (Å²) in [5.74, 6) is -0.921. The topological polar surface area (TPSA) is 58.2 Å². The monoisotopic (exact) mass is 334 g/mol. The fraction of sp³-hybridized carbons (Fsp3) is 0.238. The number of carbonyl (C=O) groups excluding carboxylic acids is 2. The summed E-state index contributed by atoms with van der Waals surface area (Å²) >= 11 is 0. The maximum Gasteiger partial charge on any atom is 0.228 e. The molecule has 128 valence electrons. The number of fused-ring (bicyclic) bond motifs is 1. The summed E-state index contributed by atoms with van der Waals surface area (Å²) in [7, 11) is 0. The predicted octanol–water partition coefficient (Wildman–Crippen LogP) is 3.66. The third-order valence-corrected chi connectivity index (χ3v) is 4.57. The summed E-state index contributed by atoms with van der Waals surface area (Å²) < 4.78 is 0. The molecule has 0 spiro atoms. The summed E-state index contributed by atoms with van der Waals surface area (Å²) in [6.45, 7) is 4.02. The number of allylic oxidation sites excluding steroid dienone is 2. The van der Waals surface area contributed by atoms with Crippen molar-refractivity contribution in [2.24, 2.45) is 11.8 Å². The number of nitrogens with one attached hydrogen (secondary N) is 2. The maximum absolute atomic E-state index is 12.9. The average Bonchev–Trinajstić information content (AvgIpc) is 2.66. The van der Waals surface area contributed by atoms with Crippen molar-refractivity contribution < 1.29 is 9.59 Å². The molecule has 2 atom stereocenters. The molecule has 0 unspecified atom stereocenters. The minimum absolute atomic E-state index is 0.0951. The van der Waals surface area contributed by atoms with Crippen molar-refractivity contribution in [1.29, 1.82) is 0 Å². The standard InChI is InChI=1S/C21H22N2O2/c1-2-14-22-20(24)17-11-5-6-12-18(17)21(25)23-19-13-7-9-15-8-3-4-10-16(15)19/h2-10,13,17-18H,1,11-12,14H2,(H,22,24)(H,23,25)/t17-,18-/m1/s1. The van der Waals surface area contributed by atoms with E-state index in [9.17, 15) is 9.59 Å². The van der Waals surface area contributed by atoms with Gasteiger partial charge in [0, 0.05) is 17.6 Å². The molecule has 25 heavy (non-hydrogen) atoms. The molecule has 4 nitrogen and oxygen atoms in total. The van der Waals surface area contributed by atoms with Crippen LogP contribution in [-0.2, 0) is 9.59 Å². The van der Waals surface area contributed by atoms with Gasteiger partial charge in [0.25, 0.3) is 0 Å². The second kappa shape index (κ2) is 7.79. The fourth-order valence-electron chi connectivity index (χ4n) is 3.26. The lowest BCUT2D eigenvalue weighted by atomic mass is 9.81. The van der Waals surface area contributed by atoms with Gasteiger partial charge in [0.05, 0.1) is 11.8 Å². The lowest BCUT2D eigenvalue weighted by Gasteiger charge is -2.26. The Bertz CT molecular complexity index is 820. The van der Waals surface area contributed by atoms with Crippen LogP contribution in [-0.4, -0.2) is 18.4 Å². The Morgan fingerprint density at radius 3 is 2.44 bits per heavy atom. The van der Waals surface area contributed by atoms with Crippen molar-refractivity contribution in [2.75, 3.05) is 11.9 Å². The van der Waals surface area contributed by atoms with Crippen molar-refractivity contribution in [3.05, 3.63) is 67.3 Å². The summed E-state index contributed by atoms with van der Waals surface area (Å²) in [5.41, 5.74) is 0.780.